The minimum atomic E-state index is -3.41. The van der Waals surface area contributed by atoms with Gasteiger partial charge in [0.25, 0.3) is 0 Å². The molecule has 0 spiro atoms. The lowest BCUT2D eigenvalue weighted by Crippen LogP contribution is -2.50. The van der Waals surface area contributed by atoms with Gasteiger partial charge in [-0.1, -0.05) is 6.42 Å². The fourth-order valence-corrected chi connectivity index (χ4v) is 5.04. The maximum Gasteiger partial charge on any atom is 0.317 e. The Kier molecular flexibility index (Phi) is 4.38. The summed E-state index contributed by atoms with van der Waals surface area (Å²) in [6, 6.07) is 0.0148. The number of hydrogen-bond acceptors (Lipinski definition) is 3. The molecule has 0 bridgehead atoms. The van der Waals surface area contributed by atoms with Crippen molar-refractivity contribution in [3.05, 3.63) is 0 Å². The van der Waals surface area contributed by atoms with Gasteiger partial charge in [0.15, 0.2) is 0 Å². The number of urea groups is 1. The highest BCUT2D eigenvalue weighted by atomic mass is 32.2. The fourth-order valence-electron chi connectivity index (χ4n) is 4.05. The minimum absolute atomic E-state index is 0.0148. The number of piperidine rings is 1. The van der Waals surface area contributed by atoms with Gasteiger partial charge in [0.1, 0.15) is 0 Å². The van der Waals surface area contributed by atoms with Crippen molar-refractivity contribution >= 4 is 16.1 Å². The molecule has 2 aliphatic carbocycles. The third-order valence-corrected chi connectivity index (χ3v) is 6.69. The van der Waals surface area contributed by atoms with Gasteiger partial charge in [-0.05, 0) is 55.8 Å². The first-order valence-electron chi connectivity index (χ1n) is 8.41. The van der Waals surface area contributed by atoms with Crippen molar-refractivity contribution in [1.29, 1.82) is 0 Å². The SMILES string of the molecule is NS(=O)(=O)CC1CCN(C(=O)NCC2(C3CC3)CCC2)CC1. The number of nitrogens with zero attached hydrogens (tertiary/aromatic N) is 1. The van der Waals surface area contributed by atoms with Crippen LogP contribution in [-0.2, 0) is 10.0 Å². The van der Waals surface area contributed by atoms with Gasteiger partial charge in [-0.3, -0.25) is 0 Å². The molecule has 0 aromatic rings. The summed E-state index contributed by atoms with van der Waals surface area (Å²) in [5.74, 6) is 0.957. The molecule has 3 N–H and O–H groups in total. The number of likely N-dealkylation sites (tertiary alicyclic amines) is 1. The first-order valence-corrected chi connectivity index (χ1v) is 10.1. The van der Waals surface area contributed by atoms with Crippen LogP contribution in [0.3, 0.4) is 0 Å². The van der Waals surface area contributed by atoms with E-state index in [1.165, 1.54) is 32.1 Å². The number of carbonyl (C=O) groups excluding carboxylic acids is 1. The van der Waals surface area contributed by atoms with Crippen molar-refractivity contribution in [3.63, 3.8) is 0 Å². The lowest BCUT2D eigenvalue weighted by atomic mass is 9.65. The summed E-state index contributed by atoms with van der Waals surface area (Å²) < 4.78 is 22.2. The summed E-state index contributed by atoms with van der Waals surface area (Å²) in [4.78, 5) is 14.1. The Hall–Kier alpha value is -0.820. The molecule has 2 saturated carbocycles. The lowest BCUT2D eigenvalue weighted by Gasteiger charge is -2.43. The number of rotatable bonds is 5. The van der Waals surface area contributed by atoms with Gasteiger partial charge in [-0.15, -0.1) is 0 Å². The molecular formula is C15H27N3O3S. The van der Waals surface area contributed by atoms with Crippen LogP contribution < -0.4 is 10.5 Å². The Morgan fingerprint density at radius 3 is 2.27 bits per heavy atom. The fraction of sp³-hybridized carbons (Fsp3) is 0.933. The monoisotopic (exact) mass is 329 g/mol. The maximum absolute atomic E-state index is 12.3. The zero-order chi connectivity index (χ0) is 15.8. The third-order valence-electron chi connectivity index (χ3n) is 5.75. The highest BCUT2D eigenvalue weighted by Gasteiger charge is 2.49. The zero-order valence-corrected chi connectivity index (χ0v) is 13.9. The summed E-state index contributed by atoms with van der Waals surface area (Å²) in [7, 11) is -3.41. The van der Waals surface area contributed by atoms with Crippen LogP contribution in [-0.4, -0.2) is 44.7 Å². The minimum Gasteiger partial charge on any atom is -0.337 e. The average Bonchev–Trinajstić information content (AvgIpc) is 3.21. The molecule has 7 heteroatoms. The highest BCUT2D eigenvalue weighted by Crippen LogP contribution is 2.56. The normalized spacial score (nSPS) is 25.6. The molecule has 3 rings (SSSR count). The van der Waals surface area contributed by atoms with E-state index in [1.807, 2.05) is 4.90 Å². The standard InChI is InChI=1S/C15H27N3O3S/c16-22(20,21)10-12-4-8-18(9-5-12)14(19)17-11-15(6-1-7-15)13-2-3-13/h12-13H,1-11H2,(H,17,19)(H2,16,20,21). The van der Waals surface area contributed by atoms with E-state index >= 15 is 0 Å². The van der Waals surface area contributed by atoms with E-state index < -0.39 is 10.0 Å². The van der Waals surface area contributed by atoms with Gasteiger partial charge in [-0.25, -0.2) is 18.4 Å². The molecule has 1 aliphatic heterocycles. The Morgan fingerprint density at radius 1 is 1.18 bits per heavy atom. The Bertz CT molecular complexity index is 518. The van der Waals surface area contributed by atoms with Crippen LogP contribution in [0, 0.1) is 17.3 Å². The third kappa shape index (κ3) is 3.74. The second-order valence-electron chi connectivity index (χ2n) is 7.41. The van der Waals surface area contributed by atoms with Gasteiger partial charge >= 0.3 is 6.03 Å². The topological polar surface area (TPSA) is 92.5 Å². The molecule has 2 amide bonds. The van der Waals surface area contributed by atoms with Crippen molar-refractivity contribution in [1.82, 2.24) is 10.2 Å². The molecule has 126 valence electrons. The summed E-state index contributed by atoms with van der Waals surface area (Å²) >= 11 is 0. The van der Waals surface area contributed by atoms with E-state index in [4.69, 9.17) is 5.14 Å². The first kappa shape index (κ1) is 16.1. The van der Waals surface area contributed by atoms with Crippen LogP contribution in [0.1, 0.15) is 44.9 Å². The van der Waals surface area contributed by atoms with E-state index in [2.05, 4.69) is 5.32 Å². The molecule has 0 atom stereocenters. The summed E-state index contributed by atoms with van der Waals surface area (Å²) in [6.07, 6.45) is 7.91. The zero-order valence-electron chi connectivity index (χ0n) is 13.1. The summed E-state index contributed by atoms with van der Waals surface area (Å²) in [5, 5.41) is 8.22. The average molecular weight is 329 g/mol. The number of primary sulfonamides is 1. The molecule has 0 aromatic carbocycles. The highest BCUT2D eigenvalue weighted by molar-refractivity contribution is 7.89. The summed E-state index contributed by atoms with van der Waals surface area (Å²) in [5.41, 5.74) is 0.390. The number of sulfonamides is 1. The van der Waals surface area contributed by atoms with E-state index in [0.29, 0.717) is 18.5 Å². The second kappa shape index (κ2) is 6.00. The molecule has 0 unspecified atom stereocenters. The van der Waals surface area contributed by atoms with Crippen LogP contribution in [0.4, 0.5) is 4.79 Å². The van der Waals surface area contributed by atoms with Crippen molar-refractivity contribution in [3.8, 4) is 0 Å². The van der Waals surface area contributed by atoms with E-state index in [1.54, 1.807) is 0 Å². The van der Waals surface area contributed by atoms with Gasteiger partial charge < -0.3 is 10.2 Å². The van der Waals surface area contributed by atoms with Crippen LogP contribution in [0.25, 0.3) is 0 Å². The van der Waals surface area contributed by atoms with Gasteiger partial charge in [0, 0.05) is 19.6 Å². The van der Waals surface area contributed by atoms with Gasteiger partial charge in [-0.2, -0.15) is 0 Å². The number of nitrogens with one attached hydrogen (secondary N) is 1. The van der Waals surface area contributed by atoms with Crippen molar-refractivity contribution in [2.24, 2.45) is 22.4 Å². The number of carbonyl (C=O) groups is 1. The van der Waals surface area contributed by atoms with Crippen LogP contribution >= 0.6 is 0 Å². The predicted octanol–water partition coefficient (Wildman–Crippen LogP) is 1.28. The Balaban J connectivity index is 1.42. The molecule has 3 aliphatic rings. The molecule has 0 aromatic heterocycles. The van der Waals surface area contributed by atoms with E-state index in [-0.39, 0.29) is 17.7 Å². The lowest BCUT2D eigenvalue weighted by molar-refractivity contribution is 0.0961. The molecule has 22 heavy (non-hydrogen) atoms. The second-order valence-corrected chi connectivity index (χ2v) is 9.07. The number of nitrogens with two attached hydrogens (primary N) is 1. The molecule has 1 saturated heterocycles. The van der Waals surface area contributed by atoms with E-state index in [0.717, 1.165) is 25.3 Å². The maximum atomic E-state index is 12.3. The molecule has 6 nitrogen and oxygen atoms in total. The van der Waals surface area contributed by atoms with Crippen LogP contribution in [0.2, 0.25) is 0 Å². The molecule has 1 heterocycles. The molecule has 3 fully saturated rings. The van der Waals surface area contributed by atoms with Crippen LogP contribution in [0.5, 0.6) is 0 Å². The number of amides is 2. The Morgan fingerprint density at radius 2 is 1.82 bits per heavy atom. The predicted molar refractivity (Wildman–Crippen MR) is 84.7 cm³/mol. The first-order chi connectivity index (χ1) is 10.4. The largest absolute Gasteiger partial charge is 0.337 e. The van der Waals surface area contributed by atoms with Crippen LogP contribution in [0.15, 0.2) is 0 Å². The number of hydrogen-bond donors (Lipinski definition) is 2. The van der Waals surface area contributed by atoms with Crippen molar-refractivity contribution in [2.45, 2.75) is 44.9 Å². The van der Waals surface area contributed by atoms with Gasteiger partial charge in [0.05, 0.1) is 5.75 Å². The molecule has 0 radical (unpaired) electrons. The summed E-state index contributed by atoms with van der Waals surface area (Å²) in [6.45, 7) is 2.07. The van der Waals surface area contributed by atoms with Crippen molar-refractivity contribution < 1.29 is 13.2 Å². The van der Waals surface area contributed by atoms with E-state index in [9.17, 15) is 13.2 Å². The van der Waals surface area contributed by atoms with Gasteiger partial charge in [0.2, 0.25) is 10.0 Å². The smallest absolute Gasteiger partial charge is 0.317 e. The quantitative estimate of drug-likeness (QED) is 0.795. The van der Waals surface area contributed by atoms with Crippen molar-refractivity contribution in [2.75, 3.05) is 25.4 Å². The molecular weight excluding hydrogens is 302 g/mol. The Labute approximate surface area is 132 Å².